The van der Waals surface area contributed by atoms with E-state index in [-0.39, 0.29) is 38.6 Å². The van der Waals surface area contributed by atoms with E-state index in [1.54, 1.807) is 0 Å². The van der Waals surface area contributed by atoms with Gasteiger partial charge in [-0.2, -0.15) is 0 Å². The number of phosphoric ester groups is 1. The SMILES string of the molecule is CC/C=C\C/C=C\C/C=C\C/C=C\CCCCCCCCCCCCCCCCCCCCC(=O)OC(COC(=O)CCCCCCCCCCCCCCCCCCCCCC)COP(=O)(O)OCCN. The van der Waals surface area contributed by atoms with Gasteiger partial charge in [-0.3, -0.25) is 18.6 Å². The predicted molar refractivity (Wildman–Crippen MR) is 307 cm³/mol. The van der Waals surface area contributed by atoms with Gasteiger partial charge in [0.05, 0.1) is 13.2 Å². The van der Waals surface area contributed by atoms with Gasteiger partial charge >= 0.3 is 19.8 Å². The normalized spacial score (nSPS) is 13.3. The Balaban J connectivity index is 3.88. The predicted octanol–water partition coefficient (Wildman–Crippen LogP) is 19.4. The second kappa shape index (κ2) is 58.2. The maximum Gasteiger partial charge on any atom is 0.472 e. The lowest BCUT2D eigenvalue weighted by atomic mass is 10.0. The van der Waals surface area contributed by atoms with Crippen LogP contribution in [0.2, 0.25) is 0 Å². The van der Waals surface area contributed by atoms with Crippen LogP contribution in [0.1, 0.15) is 303 Å². The van der Waals surface area contributed by atoms with E-state index in [2.05, 4.69) is 62.5 Å². The monoisotopic (exact) mass is 1030 g/mol. The molecule has 0 radical (unpaired) electrons. The second-order valence-corrected chi connectivity index (χ2v) is 22.0. The molecule has 0 amide bonds. The molecule has 3 N–H and O–H groups in total. The van der Waals surface area contributed by atoms with Gasteiger partial charge in [-0.25, -0.2) is 4.57 Å². The number of esters is 2. The van der Waals surface area contributed by atoms with E-state index in [0.29, 0.717) is 6.42 Å². The zero-order valence-electron chi connectivity index (χ0n) is 47.2. The van der Waals surface area contributed by atoms with Crippen LogP contribution in [0.15, 0.2) is 48.6 Å². The minimum atomic E-state index is -4.39. The molecule has 0 aromatic rings. The molecule has 0 aromatic heterocycles. The Morgan fingerprint density at radius 3 is 1.14 bits per heavy atom. The summed E-state index contributed by atoms with van der Waals surface area (Å²) in [5.41, 5.74) is 5.39. The summed E-state index contributed by atoms with van der Waals surface area (Å²) in [5.74, 6) is -0.810. The van der Waals surface area contributed by atoms with Gasteiger partial charge < -0.3 is 20.1 Å². The van der Waals surface area contributed by atoms with Crippen molar-refractivity contribution in [2.75, 3.05) is 26.4 Å². The lowest BCUT2D eigenvalue weighted by molar-refractivity contribution is -0.161. The third-order valence-electron chi connectivity index (χ3n) is 13.5. The first-order valence-electron chi connectivity index (χ1n) is 30.6. The van der Waals surface area contributed by atoms with Crippen molar-refractivity contribution in [2.45, 2.75) is 309 Å². The first kappa shape index (κ1) is 70.0. The molecule has 2 unspecified atom stereocenters. The fourth-order valence-corrected chi connectivity index (χ4v) is 9.75. The quantitative estimate of drug-likeness (QED) is 0.0264. The number of rotatable bonds is 58. The standard InChI is InChI=1S/C62H116NO8P/c1-3-5-7-9-11-13-15-17-19-21-23-25-26-27-28-29-30-31-32-33-34-35-37-39-41-43-45-47-49-51-53-55-62(65)71-60(59-70-72(66,67)69-57-56-63)58-68-61(64)54-52-50-48-46-44-42-40-38-36-24-22-20-18-16-14-12-10-8-6-4-2/h5,7,11,13,17,19,23,25,60H,3-4,6,8-10,12,14-16,18,20-22,24,26-59,63H2,1-2H3,(H,66,67)/b7-5-,13-11-,19-17-,25-23-. The van der Waals surface area contributed by atoms with Gasteiger partial charge in [0.15, 0.2) is 6.10 Å². The molecule has 0 aliphatic carbocycles. The van der Waals surface area contributed by atoms with Crippen LogP contribution in [0.4, 0.5) is 0 Å². The number of nitrogens with two attached hydrogens (primary N) is 1. The van der Waals surface area contributed by atoms with Gasteiger partial charge in [-0.05, 0) is 51.4 Å². The number of carbonyl (C=O) groups excluding carboxylic acids is 2. The second-order valence-electron chi connectivity index (χ2n) is 20.6. The zero-order chi connectivity index (χ0) is 52.4. The number of phosphoric acid groups is 1. The number of hydrogen-bond donors (Lipinski definition) is 2. The van der Waals surface area contributed by atoms with Crippen molar-refractivity contribution in [1.82, 2.24) is 0 Å². The molecule has 0 aliphatic heterocycles. The molecule has 0 bridgehead atoms. The largest absolute Gasteiger partial charge is 0.472 e. The Morgan fingerprint density at radius 2 is 0.764 bits per heavy atom. The summed E-state index contributed by atoms with van der Waals surface area (Å²) in [4.78, 5) is 35.2. The van der Waals surface area contributed by atoms with Gasteiger partial charge in [0.2, 0.25) is 0 Å². The summed E-state index contributed by atoms with van der Waals surface area (Å²) >= 11 is 0. The highest BCUT2D eigenvalue weighted by molar-refractivity contribution is 7.47. The topological polar surface area (TPSA) is 134 Å². The number of ether oxygens (including phenoxy) is 2. The van der Waals surface area contributed by atoms with E-state index in [1.165, 1.54) is 212 Å². The van der Waals surface area contributed by atoms with Crippen molar-refractivity contribution in [3.8, 4) is 0 Å². The van der Waals surface area contributed by atoms with E-state index in [9.17, 15) is 19.0 Å². The van der Waals surface area contributed by atoms with Crippen molar-refractivity contribution < 1.29 is 37.6 Å². The molecule has 0 saturated heterocycles. The third kappa shape index (κ3) is 57.3. The lowest BCUT2D eigenvalue weighted by Crippen LogP contribution is -2.29. The Kier molecular flexibility index (Phi) is 56.6. The number of unbranched alkanes of at least 4 members (excludes halogenated alkanes) is 37. The van der Waals surface area contributed by atoms with Crippen LogP contribution in [0.3, 0.4) is 0 Å². The minimum Gasteiger partial charge on any atom is -0.462 e. The van der Waals surface area contributed by atoms with Crippen LogP contribution in [0, 0.1) is 0 Å². The first-order chi connectivity index (χ1) is 35.3. The molecule has 72 heavy (non-hydrogen) atoms. The molecule has 10 heteroatoms. The molecule has 0 saturated carbocycles. The summed E-state index contributed by atoms with van der Waals surface area (Å²) in [6.45, 7) is 3.69. The van der Waals surface area contributed by atoms with Gasteiger partial charge in [-0.1, -0.05) is 287 Å². The number of carbonyl (C=O) groups is 2. The molecule has 0 heterocycles. The van der Waals surface area contributed by atoms with Gasteiger partial charge in [0, 0.05) is 19.4 Å². The van der Waals surface area contributed by atoms with Crippen LogP contribution >= 0.6 is 7.82 Å². The Hall–Kier alpha value is -2.03. The summed E-state index contributed by atoms with van der Waals surface area (Å²) in [5, 5.41) is 0. The van der Waals surface area contributed by atoms with Crippen molar-refractivity contribution >= 4 is 19.8 Å². The van der Waals surface area contributed by atoms with Gasteiger partial charge in [-0.15, -0.1) is 0 Å². The highest BCUT2D eigenvalue weighted by Crippen LogP contribution is 2.43. The fraction of sp³-hybridized carbons (Fsp3) is 0.839. The molecule has 422 valence electrons. The van der Waals surface area contributed by atoms with Crippen LogP contribution in [0.5, 0.6) is 0 Å². The summed E-state index contributed by atoms with van der Waals surface area (Å²) in [7, 11) is -4.39. The van der Waals surface area contributed by atoms with Crippen molar-refractivity contribution in [3.63, 3.8) is 0 Å². The average molecular weight is 1030 g/mol. The molecule has 0 rings (SSSR count). The fourth-order valence-electron chi connectivity index (χ4n) is 8.98. The van der Waals surface area contributed by atoms with Gasteiger partial charge in [0.1, 0.15) is 6.61 Å². The summed E-state index contributed by atoms with van der Waals surface area (Å²) in [6, 6.07) is 0. The Labute approximate surface area is 445 Å². The van der Waals surface area contributed by atoms with E-state index in [0.717, 1.165) is 57.8 Å². The molecule has 2 atom stereocenters. The highest BCUT2D eigenvalue weighted by atomic mass is 31.2. The van der Waals surface area contributed by atoms with Crippen molar-refractivity contribution in [3.05, 3.63) is 48.6 Å². The molecule has 0 fully saturated rings. The van der Waals surface area contributed by atoms with Gasteiger partial charge in [0.25, 0.3) is 0 Å². The Bertz CT molecular complexity index is 1320. The number of hydrogen-bond acceptors (Lipinski definition) is 8. The minimum absolute atomic E-state index is 0.0553. The van der Waals surface area contributed by atoms with E-state index in [4.69, 9.17) is 24.3 Å². The van der Waals surface area contributed by atoms with Crippen LogP contribution in [-0.4, -0.2) is 49.3 Å². The maximum atomic E-state index is 12.7. The third-order valence-corrected chi connectivity index (χ3v) is 14.5. The van der Waals surface area contributed by atoms with Crippen LogP contribution in [-0.2, 0) is 32.7 Å². The molecular formula is C62H116NO8P. The molecular weight excluding hydrogens is 918 g/mol. The number of allylic oxidation sites excluding steroid dienone is 8. The Morgan fingerprint density at radius 1 is 0.431 bits per heavy atom. The van der Waals surface area contributed by atoms with Crippen LogP contribution < -0.4 is 5.73 Å². The van der Waals surface area contributed by atoms with E-state index < -0.39 is 26.5 Å². The van der Waals surface area contributed by atoms with E-state index >= 15 is 0 Å². The highest BCUT2D eigenvalue weighted by Gasteiger charge is 2.26. The van der Waals surface area contributed by atoms with Crippen LogP contribution in [0.25, 0.3) is 0 Å². The average Bonchev–Trinajstić information content (AvgIpc) is 3.37. The molecule has 0 spiro atoms. The lowest BCUT2D eigenvalue weighted by Gasteiger charge is -2.19. The molecule has 0 aromatic carbocycles. The summed E-state index contributed by atoms with van der Waals surface area (Å²) < 4.78 is 33.1. The van der Waals surface area contributed by atoms with Crippen molar-refractivity contribution in [1.29, 1.82) is 0 Å². The molecule has 9 nitrogen and oxygen atoms in total. The maximum absolute atomic E-state index is 12.7. The summed E-state index contributed by atoms with van der Waals surface area (Å²) in [6.07, 6.45) is 71.8. The zero-order valence-corrected chi connectivity index (χ0v) is 48.1. The van der Waals surface area contributed by atoms with Crippen molar-refractivity contribution in [2.24, 2.45) is 5.73 Å². The smallest absolute Gasteiger partial charge is 0.462 e. The van der Waals surface area contributed by atoms with E-state index in [1.807, 2.05) is 0 Å². The first-order valence-corrected chi connectivity index (χ1v) is 32.1. The molecule has 0 aliphatic rings.